The van der Waals surface area contributed by atoms with E-state index in [9.17, 15) is 4.79 Å². The van der Waals surface area contributed by atoms with Crippen molar-refractivity contribution < 1.29 is 9.53 Å². The molecule has 2 rings (SSSR count). The van der Waals surface area contributed by atoms with Gasteiger partial charge in [0.15, 0.2) is 0 Å². The third-order valence-electron chi connectivity index (χ3n) is 5.47. The van der Waals surface area contributed by atoms with E-state index in [-0.39, 0.29) is 22.9 Å². The number of ether oxygens (including phenoxy) is 1. The largest absolute Gasteiger partial charge is 0.461 e. The Morgan fingerprint density at radius 1 is 1.53 bits per heavy atom. The van der Waals surface area contributed by atoms with Gasteiger partial charge in [0.05, 0.1) is 0 Å². The minimum absolute atomic E-state index is 0.0367. The van der Waals surface area contributed by atoms with Crippen LogP contribution < -0.4 is 5.73 Å². The van der Waals surface area contributed by atoms with Gasteiger partial charge in [-0.05, 0) is 30.6 Å². The number of carbonyl (C=O) groups is 1. The Bertz CT molecular complexity index is 331. The van der Waals surface area contributed by atoms with Crippen LogP contribution in [0.2, 0.25) is 0 Å². The second kappa shape index (κ2) is 4.16. The molecule has 2 fully saturated rings. The third kappa shape index (κ3) is 1.80. The predicted molar refractivity (Wildman–Crippen MR) is 70.9 cm³/mol. The molecule has 4 unspecified atom stereocenters. The molecule has 17 heavy (non-hydrogen) atoms. The van der Waals surface area contributed by atoms with Crippen molar-refractivity contribution >= 4 is 18.6 Å². The maximum atomic E-state index is 11.8. The zero-order valence-electron chi connectivity index (χ0n) is 10.9. The fourth-order valence-corrected chi connectivity index (χ4v) is 3.76. The highest BCUT2D eigenvalue weighted by Crippen LogP contribution is 2.66. The maximum Gasteiger partial charge on any atom is 0.324 e. The molecule has 0 aromatic carbocycles. The van der Waals surface area contributed by atoms with E-state index in [2.05, 4.69) is 33.4 Å². The zero-order chi connectivity index (χ0) is 12.8. The first-order valence-corrected chi connectivity index (χ1v) is 7.03. The lowest BCUT2D eigenvalue weighted by atomic mass is 9.70. The Morgan fingerprint density at radius 2 is 2.18 bits per heavy atom. The summed E-state index contributed by atoms with van der Waals surface area (Å²) in [5.41, 5.74) is 6.03. The first-order valence-electron chi connectivity index (χ1n) is 6.40. The standard InChI is InChI=1S/C13H23NO2S/c1-12(2)8-4-5-13(12,3)10(6-8)16-11(15)9(14)7-17/h8-10,17H,4-7,14H2,1-3H3. The van der Waals surface area contributed by atoms with Gasteiger partial charge in [-0.1, -0.05) is 20.8 Å². The molecule has 0 aromatic rings. The molecule has 4 heteroatoms. The number of hydrogen-bond acceptors (Lipinski definition) is 4. The van der Waals surface area contributed by atoms with Crippen LogP contribution in [-0.4, -0.2) is 23.9 Å². The zero-order valence-corrected chi connectivity index (χ0v) is 11.8. The van der Waals surface area contributed by atoms with E-state index in [1.165, 1.54) is 6.42 Å². The summed E-state index contributed by atoms with van der Waals surface area (Å²) in [5.74, 6) is 0.724. The summed E-state index contributed by atoms with van der Waals surface area (Å²) < 4.78 is 5.62. The first-order chi connectivity index (χ1) is 7.83. The first kappa shape index (κ1) is 13.2. The molecule has 0 aromatic heterocycles. The van der Waals surface area contributed by atoms with Crippen LogP contribution in [0.4, 0.5) is 0 Å². The van der Waals surface area contributed by atoms with Gasteiger partial charge in [0.25, 0.3) is 0 Å². The van der Waals surface area contributed by atoms with E-state index in [0.717, 1.165) is 12.8 Å². The number of esters is 1. The van der Waals surface area contributed by atoms with Gasteiger partial charge in [0, 0.05) is 11.2 Å². The van der Waals surface area contributed by atoms with Crippen LogP contribution in [0.25, 0.3) is 0 Å². The number of nitrogens with two attached hydrogens (primary N) is 1. The van der Waals surface area contributed by atoms with E-state index < -0.39 is 6.04 Å². The lowest BCUT2D eigenvalue weighted by Gasteiger charge is -2.38. The van der Waals surface area contributed by atoms with Crippen molar-refractivity contribution in [3.05, 3.63) is 0 Å². The lowest BCUT2D eigenvalue weighted by molar-refractivity contribution is -0.157. The van der Waals surface area contributed by atoms with Gasteiger partial charge in [-0.2, -0.15) is 12.6 Å². The number of carbonyl (C=O) groups excluding carboxylic acids is 1. The SMILES string of the molecule is CC1(C)C2CCC1(C)C(OC(=O)C(N)CS)C2. The van der Waals surface area contributed by atoms with Crippen molar-refractivity contribution in [2.75, 3.05) is 5.75 Å². The van der Waals surface area contributed by atoms with Gasteiger partial charge in [0.1, 0.15) is 12.1 Å². The third-order valence-corrected chi connectivity index (χ3v) is 5.87. The van der Waals surface area contributed by atoms with E-state index in [1.807, 2.05) is 0 Å². The summed E-state index contributed by atoms with van der Waals surface area (Å²) in [7, 11) is 0. The minimum atomic E-state index is -0.593. The van der Waals surface area contributed by atoms with Gasteiger partial charge in [0.2, 0.25) is 0 Å². The number of thiol groups is 1. The van der Waals surface area contributed by atoms with Gasteiger partial charge in [-0.3, -0.25) is 4.79 Å². The van der Waals surface area contributed by atoms with Crippen molar-refractivity contribution in [2.45, 2.75) is 52.2 Å². The quantitative estimate of drug-likeness (QED) is 0.600. The molecular formula is C13H23NO2S. The van der Waals surface area contributed by atoms with Crippen LogP contribution >= 0.6 is 12.6 Å². The Morgan fingerprint density at radius 3 is 2.59 bits per heavy atom. The normalized spacial score (nSPS) is 40.3. The molecule has 0 spiro atoms. The van der Waals surface area contributed by atoms with Crippen LogP contribution in [0, 0.1) is 16.7 Å². The number of fused-ring (bicyclic) bond motifs is 2. The fraction of sp³-hybridized carbons (Fsp3) is 0.923. The molecule has 3 nitrogen and oxygen atoms in total. The summed E-state index contributed by atoms with van der Waals surface area (Å²) in [6, 6.07) is -0.593. The molecule has 2 aliphatic rings. The average molecular weight is 257 g/mol. The van der Waals surface area contributed by atoms with Crippen LogP contribution in [-0.2, 0) is 9.53 Å². The van der Waals surface area contributed by atoms with Crippen molar-refractivity contribution in [1.82, 2.24) is 0 Å². The molecule has 0 amide bonds. The number of rotatable bonds is 3. The van der Waals surface area contributed by atoms with Crippen LogP contribution in [0.1, 0.15) is 40.0 Å². The minimum Gasteiger partial charge on any atom is -0.461 e. The Labute approximate surface area is 109 Å². The van der Waals surface area contributed by atoms with E-state index in [1.54, 1.807) is 0 Å². The molecule has 0 saturated heterocycles. The van der Waals surface area contributed by atoms with Crippen molar-refractivity contribution in [3.8, 4) is 0 Å². The van der Waals surface area contributed by atoms with Crippen molar-refractivity contribution in [2.24, 2.45) is 22.5 Å². The van der Waals surface area contributed by atoms with Crippen molar-refractivity contribution in [3.63, 3.8) is 0 Å². The topological polar surface area (TPSA) is 52.3 Å². The second-order valence-corrected chi connectivity index (χ2v) is 6.69. The molecule has 0 radical (unpaired) electrons. The highest BCUT2D eigenvalue weighted by molar-refractivity contribution is 7.80. The molecule has 2 bridgehead atoms. The van der Waals surface area contributed by atoms with Gasteiger partial charge in [-0.15, -0.1) is 0 Å². The average Bonchev–Trinajstić information content (AvgIpc) is 2.60. The smallest absolute Gasteiger partial charge is 0.324 e. The molecule has 0 aliphatic heterocycles. The highest BCUT2D eigenvalue weighted by Gasteiger charge is 2.62. The number of hydrogen-bond donors (Lipinski definition) is 2. The van der Waals surface area contributed by atoms with Crippen LogP contribution in [0.3, 0.4) is 0 Å². The molecule has 2 N–H and O–H groups in total. The van der Waals surface area contributed by atoms with Crippen LogP contribution in [0.15, 0.2) is 0 Å². The summed E-state index contributed by atoms with van der Waals surface area (Å²) in [4.78, 5) is 11.8. The highest BCUT2D eigenvalue weighted by atomic mass is 32.1. The van der Waals surface area contributed by atoms with Crippen molar-refractivity contribution in [1.29, 1.82) is 0 Å². The molecular weight excluding hydrogens is 234 g/mol. The second-order valence-electron chi connectivity index (χ2n) is 6.33. The van der Waals surface area contributed by atoms with Crippen LogP contribution in [0.5, 0.6) is 0 Å². The maximum absolute atomic E-state index is 11.8. The molecule has 2 aliphatic carbocycles. The molecule has 4 atom stereocenters. The van der Waals surface area contributed by atoms with E-state index in [4.69, 9.17) is 10.5 Å². The summed E-state index contributed by atoms with van der Waals surface area (Å²) >= 11 is 4.03. The van der Waals surface area contributed by atoms with Gasteiger partial charge >= 0.3 is 5.97 Å². The Hall–Kier alpha value is -0.220. The van der Waals surface area contributed by atoms with E-state index in [0.29, 0.717) is 11.7 Å². The summed E-state index contributed by atoms with van der Waals surface area (Å²) in [6.45, 7) is 6.86. The fourth-order valence-electron chi connectivity index (χ4n) is 3.61. The Kier molecular flexibility index (Phi) is 3.24. The summed E-state index contributed by atoms with van der Waals surface area (Å²) in [5, 5.41) is 0. The van der Waals surface area contributed by atoms with Gasteiger partial charge < -0.3 is 10.5 Å². The monoisotopic (exact) mass is 257 g/mol. The molecule has 2 saturated carbocycles. The predicted octanol–water partition coefficient (Wildman–Crippen LogP) is 2.00. The van der Waals surface area contributed by atoms with Gasteiger partial charge in [-0.25, -0.2) is 0 Å². The Balaban J connectivity index is 2.08. The molecule has 98 valence electrons. The summed E-state index contributed by atoms with van der Waals surface area (Å²) in [6.07, 6.45) is 3.44. The van der Waals surface area contributed by atoms with E-state index >= 15 is 0 Å². The lowest BCUT2D eigenvalue weighted by Crippen LogP contribution is -2.42. The molecule has 0 heterocycles.